The number of carbonyl (C=O) groups excluding carboxylic acids is 1. The number of amides is 1. The average molecular weight is 474 g/mol. The third kappa shape index (κ3) is 8.82. The fourth-order valence-corrected chi connectivity index (χ4v) is 3.72. The minimum Gasteiger partial charge on any atom is -0.491 e. The normalized spacial score (nSPS) is 12.4. The zero-order valence-electron chi connectivity index (χ0n) is 19.1. The number of aliphatic carboxylic acids is 1. The Morgan fingerprint density at radius 2 is 1.91 bits per heavy atom. The number of hydrogen-bond acceptors (Lipinski definition) is 6. The maximum Gasteiger partial charge on any atom is 0.412 e. The number of anilines is 1. The van der Waals surface area contributed by atoms with Crippen molar-refractivity contribution < 1.29 is 29.3 Å². The molecule has 7 nitrogen and oxygen atoms in total. The van der Waals surface area contributed by atoms with E-state index in [1.165, 1.54) is 0 Å². The second-order valence-corrected chi connectivity index (χ2v) is 8.93. The Balaban J connectivity index is 2.23. The van der Waals surface area contributed by atoms with Gasteiger partial charge in [-0.2, -0.15) is 0 Å². The van der Waals surface area contributed by atoms with Crippen molar-refractivity contribution in [1.29, 1.82) is 0 Å². The molecule has 8 heteroatoms. The number of carbonyl (C=O) groups is 2. The molecule has 1 amide bonds. The van der Waals surface area contributed by atoms with Crippen LogP contribution in [0.5, 0.6) is 5.75 Å². The van der Waals surface area contributed by atoms with Crippen molar-refractivity contribution in [2.24, 2.45) is 5.41 Å². The Kier molecular flexibility index (Phi) is 10.3. The second kappa shape index (κ2) is 12.9. The number of aliphatic hydroxyl groups excluding tert-OH is 1. The van der Waals surface area contributed by atoms with E-state index in [-0.39, 0.29) is 13.2 Å². The highest BCUT2D eigenvalue weighted by Crippen LogP contribution is 2.41. The van der Waals surface area contributed by atoms with Crippen LogP contribution < -0.4 is 10.1 Å². The highest BCUT2D eigenvalue weighted by atomic mass is 32.2. The number of benzene rings is 2. The highest BCUT2D eigenvalue weighted by Gasteiger charge is 2.34. The van der Waals surface area contributed by atoms with Crippen molar-refractivity contribution in [3.05, 3.63) is 66.2 Å². The molecule has 0 aliphatic heterocycles. The fraction of sp³-hybridized carbons (Fsp3) is 0.360. The Hall–Kier alpha value is -2.97. The van der Waals surface area contributed by atoms with E-state index >= 15 is 0 Å². The van der Waals surface area contributed by atoms with Crippen LogP contribution in [-0.4, -0.2) is 41.7 Å². The van der Waals surface area contributed by atoms with E-state index in [1.807, 2.05) is 50.4 Å². The summed E-state index contributed by atoms with van der Waals surface area (Å²) in [4.78, 5) is 24.6. The molecule has 1 atom stereocenters. The molecular formula is C25H31NO6S. The van der Waals surface area contributed by atoms with Gasteiger partial charge < -0.3 is 19.7 Å². The van der Waals surface area contributed by atoms with Gasteiger partial charge in [0.05, 0.1) is 6.61 Å². The fourth-order valence-electron chi connectivity index (χ4n) is 3.31. The largest absolute Gasteiger partial charge is 0.491 e. The van der Waals surface area contributed by atoms with E-state index in [1.54, 1.807) is 36.0 Å². The van der Waals surface area contributed by atoms with Crippen molar-refractivity contribution in [2.75, 3.05) is 24.8 Å². The van der Waals surface area contributed by atoms with Crippen LogP contribution in [0, 0.1) is 5.41 Å². The van der Waals surface area contributed by atoms with Crippen molar-refractivity contribution in [3.8, 4) is 5.75 Å². The third-order valence-electron chi connectivity index (χ3n) is 5.01. The van der Waals surface area contributed by atoms with Crippen LogP contribution in [0.25, 0.3) is 0 Å². The molecule has 33 heavy (non-hydrogen) atoms. The van der Waals surface area contributed by atoms with Crippen molar-refractivity contribution in [1.82, 2.24) is 0 Å². The van der Waals surface area contributed by atoms with Gasteiger partial charge in [0.1, 0.15) is 18.5 Å². The molecule has 0 unspecified atom stereocenters. The molecule has 2 aromatic rings. The maximum atomic E-state index is 12.8. The monoisotopic (exact) mass is 473 g/mol. The first-order chi connectivity index (χ1) is 15.7. The molecular weight excluding hydrogens is 442 g/mol. The van der Waals surface area contributed by atoms with Gasteiger partial charge in [-0.15, -0.1) is 11.8 Å². The molecule has 178 valence electrons. The predicted octanol–water partition coefficient (Wildman–Crippen LogP) is 5.52. The zero-order valence-corrected chi connectivity index (χ0v) is 19.9. The van der Waals surface area contributed by atoms with E-state index in [0.29, 0.717) is 24.3 Å². The van der Waals surface area contributed by atoms with Crippen LogP contribution in [-0.2, 0) is 9.53 Å². The molecule has 2 aromatic carbocycles. The van der Waals surface area contributed by atoms with E-state index in [0.717, 1.165) is 16.5 Å². The van der Waals surface area contributed by atoms with Gasteiger partial charge in [-0.1, -0.05) is 32.1 Å². The first-order valence-corrected chi connectivity index (χ1v) is 11.8. The summed E-state index contributed by atoms with van der Waals surface area (Å²) in [6.07, 6.45) is 4.56. The molecule has 0 bridgehead atoms. The number of aliphatic hydroxyl groups is 1. The SMILES string of the molecule is CSc1ccc(NC(=O)O[C@H](c2cccc(OCCO)c2)C(C)(C)CC/C=C/C(=O)O)cc1. The Morgan fingerprint density at radius 3 is 2.55 bits per heavy atom. The highest BCUT2D eigenvalue weighted by molar-refractivity contribution is 7.98. The van der Waals surface area contributed by atoms with Crippen LogP contribution >= 0.6 is 11.8 Å². The van der Waals surface area contributed by atoms with Crippen LogP contribution in [0.1, 0.15) is 38.4 Å². The van der Waals surface area contributed by atoms with Crippen LogP contribution in [0.3, 0.4) is 0 Å². The molecule has 2 rings (SSSR count). The van der Waals surface area contributed by atoms with E-state index < -0.39 is 23.6 Å². The summed E-state index contributed by atoms with van der Waals surface area (Å²) >= 11 is 1.61. The number of allylic oxidation sites excluding steroid dienone is 1. The molecule has 3 N–H and O–H groups in total. The lowest BCUT2D eigenvalue weighted by atomic mass is 9.78. The molecule has 0 aliphatic carbocycles. The molecule has 0 heterocycles. The van der Waals surface area contributed by atoms with Gasteiger partial charge >= 0.3 is 12.1 Å². The molecule has 0 spiro atoms. The number of carboxylic acid groups (broad SMARTS) is 1. The topological polar surface area (TPSA) is 105 Å². The first kappa shape index (κ1) is 26.3. The smallest absolute Gasteiger partial charge is 0.412 e. The number of ether oxygens (including phenoxy) is 2. The van der Waals surface area contributed by atoms with Gasteiger partial charge in [-0.25, -0.2) is 9.59 Å². The van der Waals surface area contributed by atoms with Gasteiger partial charge in [0.25, 0.3) is 0 Å². The lowest BCUT2D eigenvalue weighted by Crippen LogP contribution is -2.29. The Labute approximate surface area is 198 Å². The van der Waals surface area contributed by atoms with Gasteiger partial charge in [0.2, 0.25) is 0 Å². The van der Waals surface area contributed by atoms with Crippen LogP contribution in [0.2, 0.25) is 0 Å². The zero-order chi connectivity index (χ0) is 24.3. The number of thioether (sulfide) groups is 1. The summed E-state index contributed by atoms with van der Waals surface area (Å²) in [7, 11) is 0. The third-order valence-corrected chi connectivity index (χ3v) is 5.75. The number of nitrogens with one attached hydrogen (secondary N) is 1. The minimum absolute atomic E-state index is 0.108. The summed E-state index contributed by atoms with van der Waals surface area (Å²) in [5.74, 6) is -0.439. The standard InChI is InChI=1S/C25H31NO6S/c1-25(2,14-5-4-9-22(28)29)23(18-7-6-8-20(17-18)31-16-15-27)32-24(30)26-19-10-12-21(33-3)13-11-19/h4,6-13,17,23,27H,5,14-16H2,1-3H3,(H,26,30)(H,28,29)/b9-4+/t23-/m1/s1. The van der Waals surface area contributed by atoms with Crippen molar-refractivity contribution in [3.63, 3.8) is 0 Å². The van der Waals surface area contributed by atoms with E-state index in [9.17, 15) is 9.59 Å². The number of rotatable bonds is 12. The number of hydrogen-bond donors (Lipinski definition) is 3. The van der Waals surface area contributed by atoms with Crippen molar-refractivity contribution >= 4 is 29.5 Å². The summed E-state index contributed by atoms with van der Waals surface area (Å²) < 4.78 is 11.4. The van der Waals surface area contributed by atoms with Crippen LogP contribution in [0.4, 0.5) is 10.5 Å². The molecule has 0 aliphatic rings. The quantitative estimate of drug-likeness (QED) is 0.275. The summed E-state index contributed by atoms with van der Waals surface area (Å²) in [6, 6.07) is 14.7. The summed E-state index contributed by atoms with van der Waals surface area (Å²) in [5, 5.41) is 20.6. The molecule has 0 radical (unpaired) electrons. The lowest BCUT2D eigenvalue weighted by molar-refractivity contribution is -0.131. The van der Waals surface area contributed by atoms with Crippen LogP contribution in [0.15, 0.2) is 65.6 Å². The lowest BCUT2D eigenvalue weighted by Gasteiger charge is -2.34. The van der Waals surface area contributed by atoms with Gasteiger partial charge in [-0.3, -0.25) is 5.32 Å². The maximum absolute atomic E-state index is 12.8. The average Bonchev–Trinajstić information content (AvgIpc) is 2.79. The molecule has 0 saturated heterocycles. The molecule has 0 saturated carbocycles. The molecule has 0 fully saturated rings. The Morgan fingerprint density at radius 1 is 1.18 bits per heavy atom. The molecule has 0 aromatic heterocycles. The first-order valence-electron chi connectivity index (χ1n) is 10.6. The van der Waals surface area contributed by atoms with Gasteiger partial charge in [0, 0.05) is 22.1 Å². The van der Waals surface area contributed by atoms with E-state index in [4.69, 9.17) is 19.7 Å². The van der Waals surface area contributed by atoms with Crippen molar-refractivity contribution in [2.45, 2.75) is 37.7 Å². The number of carboxylic acids is 1. The predicted molar refractivity (Wildman–Crippen MR) is 130 cm³/mol. The van der Waals surface area contributed by atoms with E-state index in [2.05, 4.69) is 5.32 Å². The van der Waals surface area contributed by atoms with Gasteiger partial charge in [-0.05, 0) is 61.1 Å². The van der Waals surface area contributed by atoms with Gasteiger partial charge in [0.15, 0.2) is 0 Å². The summed E-state index contributed by atoms with van der Waals surface area (Å²) in [6.45, 7) is 3.98. The summed E-state index contributed by atoms with van der Waals surface area (Å²) in [5.41, 5.74) is 0.850. The second-order valence-electron chi connectivity index (χ2n) is 8.05. The minimum atomic E-state index is -0.999. The Bertz CT molecular complexity index is 942.